The molecule has 118 valence electrons. The van der Waals surface area contributed by atoms with Crippen LogP contribution in [0.3, 0.4) is 0 Å². The van der Waals surface area contributed by atoms with Gasteiger partial charge in [0.1, 0.15) is 5.76 Å². The molecule has 0 radical (unpaired) electrons. The Labute approximate surface area is 133 Å². The summed E-state index contributed by atoms with van der Waals surface area (Å²) in [5, 5.41) is 0. The summed E-state index contributed by atoms with van der Waals surface area (Å²) in [6.07, 6.45) is 2.72. The summed E-state index contributed by atoms with van der Waals surface area (Å²) in [7, 11) is -3.02. The molecule has 1 unspecified atom stereocenters. The third-order valence-corrected chi connectivity index (χ3v) is 5.85. The lowest BCUT2D eigenvalue weighted by molar-refractivity contribution is -0.134. The van der Waals surface area contributed by atoms with Gasteiger partial charge in [-0.1, -0.05) is 13.3 Å². The van der Waals surface area contributed by atoms with Crippen molar-refractivity contribution >= 4 is 31.7 Å². The number of hydrogen-bond donors (Lipinski definition) is 0. The smallest absolute Gasteiger partial charge is 0.223 e. The lowest BCUT2D eigenvalue weighted by atomic mass is 10.1. The third kappa shape index (κ3) is 4.57. The predicted molar refractivity (Wildman–Crippen MR) is 83.5 cm³/mol. The molecule has 1 aliphatic heterocycles. The number of amides is 1. The van der Waals surface area contributed by atoms with Crippen molar-refractivity contribution in [2.24, 2.45) is 0 Å². The van der Waals surface area contributed by atoms with E-state index in [0.717, 1.165) is 12.8 Å². The first-order valence-electron chi connectivity index (χ1n) is 7.15. The third-order valence-electron chi connectivity index (χ3n) is 3.67. The number of unbranched alkanes of at least 4 members (excludes halogenated alkanes) is 1. The molecule has 5 nitrogen and oxygen atoms in total. The van der Waals surface area contributed by atoms with Crippen LogP contribution < -0.4 is 0 Å². The van der Waals surface area contributed by atoms with Crippen molar-refractivity contribution < 1.29 is 17.6 Å². The lowest BCUT2D eigenvalue weighted by Gasteiger charge is -2.27. The van der Waals surface area contributed by atoms with Gasteiger partial charge >= 0.3 is 0 Å². The second-order valence-electron chi connectivity index (χ2n) is 5.39. The fourth-order valence-corrected chi connectivity index (χ4v) is 4.59. The van der Waals surface area contributed by atoms with Crippen LogP contribution in [0.25, 0.3) is 0 Å². The molecule has 1 aromatic heterocycles. The van der Waals surface area contributed by atoms with Crippen molar-refractivity contribution in [2.75, 3.05) is 11.5 Å². The fraction of sp³-hybridized carbons (Fsp3) is 0.643. The van der Waals surface area contributed by atoms with E-state index >= 15 is 0 Å². The summed E-state index contributed by atoms with van der Waals surface area (Å²) in [4.78, 5) is 14.1. The summed E-state index contributed by atoms with van der Waals surface area (Å²) in [5.41, 5.74) is 0. The number of sulfone groups is 1. The molecule has 0 bridgehead atoms. The highest BCUT2D eigenvalue weighted by Gasteiger charge is 2.34. The molecule has 1 atom stereocenters. The Balaban J connectivity index is 2.12. The van der Waals surface area contributed by atoms with Crippen molar-refractivity contribution in [3.63, 3.8) is 0 Å². The zero-order chi connectivity index (χ0) is 15.5. The first-order chi connectivity index (χ1) is 9.91. The van der Waals surface area contributed by atoms with E-state index in [2.05, 4.69) is 15.9 Å². The van der Waals surface area contributed by atoms with Crippen molar-refractivity contribution in [1.82, 2.24) is 4.90 Å². The van der Waals surface area contributed by atoms with Crippen LogP contribution in [0.1, 0.15) is 38.4 Å². The average Bonchev–Trinajstić information content (AvgIpc) is 2.98. The molecule has 1 amide bonds. The molecule has 0 saturated carbocycles. The topological polar surface area (TPSA) is 67.6 Å². The molecule has 7 heteroatoms. The fourth-order valence-electron chi connectivity index (χ4n) is 2.52. The van der Waals surface area contributed by atoms with E-state index in [1.165, 1.54) is 0 Å². The molecule has 1 saturated heterocycles. The van der Waals surface area contributed by atoms with Crippen molar-refractivity contribution in [3.8, 4) is 0 Å². The van der Waals surface area contributed by atoms with Gasteiger partial charge in [0, 0.05) is 12.5 Å². The SMILES string of the molecule is CCCCC(=O)N(Cc1ccc(Br)o1)C1CCS(=O)(=O)C1. The number of nitrogens with zero attached hydrogens (tertiary/aromatic N) is 1. The Hall–Kier alpha value is -0.820. The molecule has 2 rings (SSSR count). The van der Waals surface area contributed by atoms with E-state index in [1.54, 1.807) is 17.0 Å². The van der Waals surface area contributed by atoms with Gasteiger partial charge in [-0.25, -0.2) is 8.42 Å². The van der Waals surface area contributed by atoms with E-state index in [0.29, 0.717) is 29.8 Å². The number of halogens is 1. The number of furan rings is 1. The van der Waals surface area contributed by atoms with Crippen LogP contribution in [-0.2, 0) is 21.2 Å². The van der Waals surface area contributed by atoms with Crippen LogP contribution in [-0.4, -0.2) is 36.8 Å². The van der Waals surface area contributed by atoms with E-state index in [1.807, 2.05) is 6.92 Å². The number of carbonyl (C=O) groups is 1. The van der Waals surface area contributed by atoms with Crippen LogP contribution in [0.4, 0.5) is 0 Å². The molecule has 1 aromatic rings. The van der Waals surface area contributed by atoms with Crippen LogP contribution >= 0.6 is 15.9 Å². The molecule has 0 aromatic carbocycles. The highest BCUT2D eigenvalue weighted by molar-refractivity contribution is 9.10. The molecule has 0 spiro atoms. The molecule has 21 heavy (non-hydrogen) atoms. The van der Waals surface area contributed by atoms with E-state index in [9.17, 15) is 13.2 Å². The Kier molecular flexibility index (Phi) is 5.48. The molecular weight excluding hydrogens is 358 g/mol. The zero-order valence-corrected chi connectivity index (χ0v) is 14.5. The van der Waals surface area contributed by atoms with Crippen LogP contribution in [0.2, 0.25) is 0 Å². The van der Waals surface area contributed by atoms with E-state index in [-0.39, 0.29) is 23.5 Å². The summed E-state index contributed by atoms with van der Waals surface area (Å²) in [6.45, 7) is 2.36. The van der Waals surface area contributed by atoms with Gasteiger partial charge < -0.3 is 9.32 Å². The lowest BCUT2D eigenvalue weighted by Crippen LogP contribution is -2.40. The Morgan fingerprint density at radius 2 is 2.24 bits per heavy atom. The van der Waals surface area contributed by atoms with Gasteiger partial charge in [0.15, 0.2) is 14.5 Å². The monoisotopic (exact) mass is 377 g/mol. The quantitative estimate of drug-likeness (QED) is 0.764. The van der Waals surface area contributed by atoms with Gasteiger partial charge in [-0.3, -0.25) is 4.79 Å². The Morgan fingerprint density at radius 3 is 2.76 bits per heavy atom. The summed E-state index contributed by atoms with van der Waals surface area (Å²) in [6, 6.07) is 3.34. The summed E-state index contributed by atoms with van der Waals surface area (Å²) in [5.74, 6) is 0.895. The maximum Gasteiger partial charge on any atom is 0.223 e. The molecular formula is C14H20BrNO4S. The van der Waals surface area contributed by atoms with E-state index < -0.39 is 9.84 Å². The predicted octanol–water partition coefficient (Wildman–Crippen LogP) is 2.75. The van der Waals surface area contributed by atoms with Gasteiger partial charge in [-0.05, 0) is 40.9 Å². The van der Waals surface area contributed by atoms with E-state index in [4.69, 9.17) is 4.42 Å². The van der Waals surface area contributed by atoms with Gasteiger partial charge in [0.05, 0.1) is 18.1 Å². The molecule has 2 heterocycles. The first kappa shape index (κ1) is 16.5. The van der Waals surface area contributed by atoms with Crippen LogP contribution in [0, 0.1) is 0 Å². The van der Waals surface area contributed by atoms with Gasteiger partial charge in [0.2, 0.25) is 5.91 Å². The maximum atomic E-state index is 12.4. The second-order valence-corrected chi connectivity index (χ2v) is 8.40. The molecule has 1 aliphatic rings. The Bertz CT molecular complexity index is 596. The van der Waals surface area contributed by atoms with Gasteiger partial charge in [-0.2, -0.15) is 0 Å². The van der Waals surface area contributed by atoms with Gasteiger partial charge in [-0.15, -0.1) is 0 Å². The highest BCUT2D eigenvalue weighted by Crippen LogP contribution is 2.23. The number of carbonyl (C=O) groups excluding carboxylic acids is 1. The van der Waals surface area contributed by atoms with Gasteiger partial charge in [0.25, 0.3) is 0 Å². The summed E-state index contributed by atoms with van der Waals surface area (Å²) < 4.78 is 29.4. The average molecular weight is 378 g/mol. The standard InChI is InChI=1S/C14H20BrNO4S/c1-2-3-4-14(17)16(9-12-5-6-13(15)20-12)11-7-8-21(18,19)10-11/h5-6,11H,2-4,7-10H2,1H3. The molecule has 0 aliphatic carbocycles. The highest BCUT2D eigenvalue weighted by atomic mass is 79.9. The molecule has 1 fully saturated rings. The number of rotatable bonds is 6. The van der Waals surface area contributed by atoms with Crippen LogP contribution in [0.15, 0.2) is 21.2 Å². The number of hydrogen-bond acceptors (Lipinski definition) is 4. The largest absolute Gasteiger partial charge is 0.452 e. The van der Waals surface area contributed by atoms with Crippen molar-refractivity contribution in [2.45, 2.75) is 45.2 Å². The summed E-state index contributed by atoms with van der Waals surface area (Å²) >= 11 is 3.24. The first-order valence-corrected chi connectivity index (χ1v) is 9.77. The minimum atomic E-state index is -3.02. The normalized spacial score (nSPS) is 20.6. The molecule has 0 N–H and O–H groups in total. The van der Waals surface area contributed by atoms with Crippen molar-refractivity contribution in [3.05, 3.63) is 22.6 Å². The Morgan fingerprint density at radius 1 is 1.48 bits per heavy atom. The zero-order valence-electron chi connectivity index (χ0n) is 12.0. The maximum absolute atomic E-state index is 12.4. The minimum absolute atomic E-state index is 0.00599. The minimum Gasteiger partial charge on any atom is -0.452 e. The van der Waals surface area contributed by atoms with Crippen LogP contribution in [0.5, 0.6) is 0 Å². The second kappa shape index (κ2) is 6.96. The van der Waals surface area contributed by atoms with Crippen molar-refractivity contribution in [1.29, 1.82) is 0 Å².